The van der Waals surface area contributed by atoms with Gasteiger partial charge in [-0.05, 0) is 65.4 Å². The largest absolute Gasteiger partial charge is 0.493 e. The van der Waals surface area contributed by atoms with Crippen LogP contribution in [0.25, 0.3) is 0 Å². The van der Waals surface area contributed by atoms with E-state index < -0.39 is 0 Å². The third-order valence-electron chi connectivity index (χ3n) is 3.04. The maximum atomic E-state index is 8.81. The molecular weight excluding hydrogens is 381 g/mol. The molecule has 0 heterocycles. The summed E-state index contributed by atoms with van der Waals surface area (Å²) in [7, 11) is 1.59. The molecule has 1 N–H and O–H groups in total. The third-order valence-corrected chi connectivity index (χ3v) is 3.76. The van der Waals surface area contributed by atoms with Crippen LogP contribution in [-0.2, 0) is 6.61 Å². The molecule has 21 heavy (non-hydrogen) atoms. The summed E-state index contributed by atoms with van der Waals surface area (Å²) in [6, 6.07) is 13.6. The summed E-state index contributed by atoms with van der Waals surface area (Å²) in [4.78, 5) is 0. The average Bonchev–Trinajstić information content (AvgIpc) is 2.53. The van der Waals surface area contributed by atoms with Crippen molar-refractivity contribution in [2.24, 2.45) is 5.16 Å². The number of nitrogens with zero attached hydrogens (tertiary/aromatic N) is 1. The molecule has 0 radical (unpaired) electrons. The first kappa shape index (κ1) is 15.6. The number of methoxy groups -OCH3 is 1. The Balaban J connectivity index is 2.14. The van der Waals surface area contributed by atoms with Gasteiger partial charge in [0.2, 0.25) is 0 Å². The van der Waals surface area contributed by atoms with Gasteiger partial charge in [0, 0.05) is 9.13 Å². The maximum Gasteiger partial charge on any atom is 0.161 e. The molecule has 0 bridgehead atoms. The zero-order valence-corrected chi connectivity index (χ0v) is 14.0. The fraction of sp³-hybridized carbons (Fsp3) is 0.188. The molecule has 0 aliphatic heterocycles. The van der Waals surface area contributed by atoms with E-state index in [9.17, 15) is 0 Å². The molecule has 0 spiro atoms. The van der Waals surface area contributed by atoms with Crippen LogP contribution < -0.4 is 9.47 Å². The van der Waals surface area contributed by atoms with Crippen LogP contribution in [0.4, 0.5) is 0 Å². The molecule has 0 unspecified atom stereocenters. The zero-order chi connectivity index (χ0) is 15.2. The molecule has 4 nitrogen and oxygen atoms in total. The second kappa shape index (κ2) is 7.31. The molecule has 0 saturated carbocycles. The number of hydrogen-bond acceptors (Lipinski definition) is 4. The number of halogens is 1. The molecule has 0 saturated heterocycles. The van der Waals surface area contributed by atoms with Gasteiger partial charge in [0.25, 0.3) is 0 Å². The minimum atomic E-state index is 0.472. The predicted molar refractivity (Wildman–Crippen MR) is 90.5 cm³/mol. The smallest absolute Gasteiger partial charge is 0.161 e. The molecule has 0 fully saturated rings. The van der Waals surface area contributed by atoms with Crippen LogP contribution in [0.1, 0.15) is 18.1 Å². The monoisotopic (exact) mass is 397 g/mol. The summed E-state index contributed by atoms with van der Waals surface area (Å²) in [6.07, 6.45) is 0. The highest BCUT2D eigenvalue weighted by Gasteiger charge is 2.08. The number of ether oxygens (including phenoxy) is 2. The molecular formula is C16H16INO3. The Bertz CT molecular complexity index is 638. The van der Waals surface area contributed by atoms with Gasteiger partial charge < -0.3 is 14.7 Å². The number of oxime groups is 1. The molecule has 110 valence electrons. The van der Waals surface area contributed by atoms with Crippen LogP contribution in [-0.4, -0.2) is 18.0 Å². The third kappa shape index (κ3) is 4.10. The molecule has 2 rings (SSSR count). The zero-order valence-electron chi connectivity index (χ0n) is 11.8. The molecule has 2 aromatic carbocycles. The minimum absolute atomic E-state index is 0.472. The molecule has 0 aromatic heterocycles. The van der Waals surface area contributed by atoms with Crippen molar-refractivity contribution in [3.8, 4) is 11.5 Å². The predicted octanol–water partition coefficient (Wildman–Crippen LogP) is 4.08. The average molecular weight is 397 g/mol. The van der Waals surface area contributed by atoms with Crippen molar-refractivity contribution in [3.63, 3.8) is 0 Å². The van der Waals surface area contributed by atoms with Gasteiger partial charge in [0.15, 0.2) is 11.5 Å². The summed E-state index contributed by atoms with van der Waals surface area (Å²) >= 11 is 2.27. The van der Waals surface area contributed by atoms with E-state index >= 15 is 0 Å². The molecule has 2 aromatic rings. The molecule has 0 aliphatic carbocycles. The van der Waals surface area contributed by atoms with E-state index in [2.05, 4.69) is 27.7 Å². The van der Waals surface area contributed by atoms with Crippen LogP contribution in [0.2, 0.25) is 0 Å². The highest BCUT2D eigenvalue weighted by Crippen LogP contribution is 2.29. The molecule has 0 atom stereocenters. The lowest BCUT2D eigenvalue weighted by molar-refractivity contribution is 0.284. The summed E-state index contributed by atoms with van der Waals surface area (Å²) in [6.45, 7) is 2.20. The summed E-state index contributed by atoms with van der Waals surface area (Å²) in [5.74, 6) is 1.27. The lowest BCUT2D eigenvalue weighted by Gasteiger charge is -2.12. The Morgan fingerprint density at radius 1 is 1.14 bits per heavy atom. The van der Waals surface area contributed by atoms with Crippen LogP contribution in [0.15, 0.2) is 47.6 Å². The van der Waals surface area contributed by atoms with Gasteiger partial charge >= 0.3 is 0 Å². The molecule has 0 aliphatic rings. The summed E-state index contributed by atoms with van der Waals surface area (Å²) in [5, 5.41) is 12.0. The van der Waals surface area contributed by atoms with Crippen molar-refractivity contribution < 1.29 is 14.7 Å². The van der Waals surface area contributed by atoms with E-state index in [-0.39, 0.29) is 0 Å². The Morgan fingerprint density at radius 3 is 2.48 bits per heavy atom. The van der Waals surface area contributed by atoms with Crippen LogP contribution in [0, 0.1) is 3.57 Å². The molecule has 5 heteroatoms. The fourth-order valence-corrected chi connectivity index (χ4v) is 2.17. The van der Waals surface area contributed by atoms with Crippen LogP contribution >= 0.6 is 22.6 Å². The van der Waals surface area contributed by atoms with Crippen molar-refractivity contribution in [2.75, 3.05) is 7.11 Å². The van der Waals surface area contributed by atoms with E-state index in [1.165, 1.54) is 3.57 Å². The van der Waals surface area contributed by atoms with E-state index in [1.54, 1.807) is 20.1 Å². The van der Waals surface area contributed by atoms with Gasteiger partial charge in [-0.1, -0.05) is 17.3 Å². The second-order valence-corrected chi connectivity index (χ2v) is 5.71. The maximum absolute atomic E-state index is 8.81. The van der Waals surface area contributed by atoms with Crippen molar-refractivity contribution in [3.05, 3.63) is 57.2 Å². The SMILES string of the molecule is COc1cc(C(C)=NO)ccc1OCc1ccc(I)cc1. The summed E-state index contributed by atoms with van der Waals surface area (Å²) < 4.78 is 12.3. The topological polar surface area (TPSA) is 51.0 Å². The number of rotatable bonds is 5. The van der Waals surface area contributed by atoms with Crippen LogP contribution in [0.5, 0.6) is 11.5 Å². The number of benzene rings is 2. The Kier molecular flexibility index (Phi) is 5.44. The lowest BCUT2D eigenvalue weighted by Crippen LogP contribution is -2.00. The van der Waals surface area contributed by atoms with E-state index in [0.717, 1.165) is 11.1 Å². The first-order valence-corrected chi connectivity index (χ1v) is 7.46. The number of hydrogen-bond donors (Lipinski definition) is 1. The van der Waals surface area contributed by atoms with Gasteiger partial charge in [-0.3, -0.25) is 0 Å². The quantitative estimate of drug-likeness (QED) is 0.358. The minimum Gasteiger partial charge on any atom is -0.493 e. The second-order valence-electron chi connectivity index (χ2n) is 4.47. The van der Waals surface area contributed by atoms with Gasteiger partial charge in [-0.25, -0.2) is 0 Å². The Hall–Kier alpha value is -1.76. The standard InChI is InChI=1S/C16H16INO3/c1-11(18-19)13-5-8-15(16(9-13)20-2)21-10-12-3-6-14(17)7-4-12/h3-9,19H,10H2,1-2H3. The highest BCUT2D eigenvalue weighted by molar-refractivity contribution is 14.1. The van der Waals surface area contributed by atoms with Crippen molar-refractivity contribution in [2.45, 2.75) is 13.5 Å². The highest BCUT2D eigenvalue weighted by atomic mass is 127. The van der Waals surface area contributed by atoms with Crippen molar-refractivity contribution in [1.29, 1.82) is 0 Å². The van der Waals surface area contributed by atoms with E-state index in [4.69, 9.17) is 14.7 Å². The van der Waals surface area contributed by atoms with E-state index in [0.29, 0.717) is 23.8 Å². The Morgan fingerprint density at radius 2 is 1.86 bits per heavy atom. The van der Waals surface area contributed by atoms with Gasteiger partial charge in [-0.15, -0.1) is 0 Å². The van der Waals surface area contributed by atoms with Gasteiger partial charge in [0.05, 0.1) is 12.8 Å². The lowest BCUT2D eigenvalue weighted by atomic mass is 10.1. The van der Waals surface area contributed by atoms with Gasteiger partial charge in [-0.2, -0.15) is 0 Å². The van der Waals surface area contributed by atoms with Crippen molar-refractivity contribution >= 4 is 28.3 Å². The van der Waals surface area contributed by atoms with E-state index in [1.807, 2.05) is 36.4 Å². The Labute approximate surface area is 137 Å². The van der Waals surface area contributed by atoms with Crippen molar-refractivity contribution in [1.82, 2.24) is 0 Å². The summed E-state index contributed by atoms with van der Waals surface area (Å²) in [5.41, 5.74) is 2.41. The molecule has 0 amide bonds. The van der Waals surface area contributed by atoms with Gasteiger partial charge in [0.1, 0.15) is 6.61 Å². The fourth-order valence-electron chi connectivity index (χ4n) is 1.81. The first-order valence-electron chi connectivity index (χ1n) is 6.38. The van der Waals surface area contributed by atoms with Crippen LogP contribution in [0.3, 0.4) is 0 Å². The normalized spacial score (nSPS) is 11.3. The first-order chi connectivity index (χ1) is 10.1.